The Bertz CT molecular complexity index is 61.0. The van der Waals surface area contributed by atoms with E-state index in [1.54, 1.807) is 11.8 Å². The predicted octanol–water partition coefficient (Wildman–Crippen LogP) is 1.32. The minimum atomic E-state index is -0.261. The van der Waals surface area contributed by atoms with Crippen molar-refractivity contribution < 1.29 is 9.50 Å². The van der Waals surface area contributed by atoms with Gasteiger partial charge in [-0.05, 0) is 11.7 Å². The van der Waals surface area contributed by atoms with Crippen LogP contribution >= 0.6 is 11.8 Å². The van der Waals surface area contributed by atoms with Crippen molar-refractivity contribution in [2.75, 3.05) is 24.8 Å². The van der Waals surface area contributed by atoms with Gasteiger partial charge < -0.3 is 5.11 Å². The Balaban J connectivity index is 2.88. The second kappa shape index (κ2) is 6.36. The van der Waals surface area contributed by atoms with E-state index in [-0.39, 0.29) is 13.3 Å². The molecular formula is C6H13FOS. The molecule has 0 aliphatic rings. The van der Waals surface area contributed by atoms with E-state index in [2.05, 4.69) is 0 Å². The first-order chi connectivity index (χ1) is 4.31. The zero-order chi connectivity index (χ0) is 7.11. The van der Waals surface area contributed by atoms with Crippen molar-refractivity contribution in [3.63, 3.8) is 0 Å². The van der Waals surface area contributed by atoms with E-state index in [1.165, 1.54) is 0 Å². The van der Waals surface area contributed by atoms with Gasteiger partial charge in [0.2, 0.25) is 0 Å². The molecule has 0 aromatic carbocycles. The maximum Gasteiger partial charge on any atom is 0.0984 e. The maximum atomic E-state index is 11.5. The van der Waals surface area contributed by atoms with Gasteiger partial charge >= 0.3 is 0 Å². The lowest BCUT2D eigenvalue weighted by Crippen LogP contribution is -2.03. The summed E-state index contributed by atoms with van der Waals surface area (Å²) in [4.78, 5) is 0. The summed E-state index contributed by atoms with van der Waals surface area (Å²) in [7, 11) is 0. The van der Waals surface area contributed by atoms with Crippen molar-refractivity contribution in [3.05, 3.63) is 0 Å². The molecule has 9 heavy (non-hydrogen) atoms. The third-order valence-electron chi connectivity index (χ3n) is 0.936. The molecular weight excluding hydrogens is 139 g/mol. The number of aliphatic hydroxyl groups is 1. The summed E-state index contributed by atoms with van der Waals surface area (Å²) in [6.07, 6.45) is 0. The van der Waals surface area contributed by atoms with E-state index in [0.717, 1.165) is 5.75 Å². The van der Waals surface area contributed by atoms with Gasteiger partial charge in [-0.15, -0.1) is 0 Å². The van der Waals surface area contributed by atoms with Gasteiger partial charge in [0.1, 0.15) is 0 Å². The zero-order valence-electron chi connectivity index (χ0n) is 5.64. The molecule has 0 saturated heterocycles. The second-order valence-electron chi connectivity index (χ2n) is 2.05. The number of thioether (sulfide) groups is 1. The van der Waals surface area contributed by atoms with Gasteiger partial charge in [0.15, 0.2) is 0 Å². The van der Waals surface area contributed by atoms with Gasteiger partial charge in [-0.25, -0.2) is 0 Å². The van der Waals surface area contributed by atoms with E-state index >= 15 is 0 Å². The fraction of sp³-hybridized carbons (Fsp3) is 1.00. The number of hydrogen-bond donors (Lipinski definition) is 1. The minimum absolute atomic E-state index is 0.208. The van der Waals surface area contributed by atoms with Crippen molar-refractivity contribution >= 4 is 11.8 Å². The molecule has 0 saturated carbocycles. The third-order valence-corrected chi connectivity index (χ3v) is 2.18. The van der Waals surface area contributed by atoms with Crippen molar-refractivity contribution in [1.29, 1.82) is 0 Å². The van der Waals surface area contributed by atoms with E-state index in [1.807, 2.05) is 6.92 Å². The summed E-state index contributed by atoms with van der Waals surface area (Å²) in [5, 5.41) is 8.53. The Kier molecular flexibility index (Phi) is 6.53. The van der Waals surface area contributed by atoms with E-state index in [4.69, 9.17) is 5.11 Å². The van der Waals surface area contributed by atoms with Gasteiger partial charge in [-0.2, -0.15) is 11.8 Å². The average molecular weight is 152 g/mol. The number of alkyl halides is 1. The van der Waals surface area contributed by atoms with E-state index in [9.17, 15) is 4.39 Å². The first-order valence-electron chi connectivity index (χ1n) is 3.05. The Morgan fingerprint density at radius 1 is 1.67 bits per heavy atom. The van der Waals surface area contributed by atoms with Gasteiger partial charge in [0, 0.05) is 12.4 Å². The summed E-state index contributed by atoms with van der Waals surface area (Å²) < 4.78 is 11.5. The normalized spacial score (nSPS) is 13.7. The summed E-state index contributed by atoms with van der Waals surface area (Å²) in [5.74, 6) is 1.73. The smallest absolute Gasteiger partial charge is 0.0984 e. The molecule has 1 atom stereocenters. The quantitative estimate of drug-likeness (QED) is 0.599. The molecule has 0 fully saturated rings. The molecule has 1 N–H and O–H groups in total. The largest absolute Gasteiger partial charge is 0.396 e. The van der Waals surface area contributed by atoms with Crippen LogP contribution in [0.15, 0.2) is 0 Å². The highest BCUT2D eigenvalue weighted by Crippen LogP contribution is 2.06. The molecule has 0 bridgehead atoms. The molecule has 0 rings (SSSR count). The van der Waals surface area contributed by atoms with Crippen LogP contribution in [0.4, 0.5) is 4.39 Å². The van der Waals surface area contributed by atoms with E-state index in [0.29, 0.717) is 11.7 Å². The summed E-state index contributed by atoms with van der Waals surface area (Å²) >= 11 is 1.55. The highest BCUT2D eigenvalue weighted by Gasteiger charge is 1.97. The minimum Gasteiger partial charge on any atom is -0.396 e. The van der Waals surface area contributed by atoms with Crippen molar-refractivity contribution in [2.24, 2.45) is 5.92 Å². The molecule has 0 spiro atoms. The highest BCUT2D eigenvalue weighted by atomic mass is 32.2. The van der Waals surface area contributed by atoms with E-state index < -0.39 is 0 Å². The monoisotopic (exact) mass is 152 g/mol. The maximum absolute atomic E-state index is 11.5. The van der Waals surface area contributed by atoms with Crippen LogP contribution in [0.25, 0.3) is 0 Å². The molecule has 0 heterocycles. The average Bonchev–Trinajstić information content (AvgIpc) is 1.89. The van der Waals surface area contributed by atoms with Gasteiger partial charge in [0.25, 0.3) is 0 Å². The molecule has 0 aliphatic carbocycles. The van der Waals surface area contributed by atoms with Gasteiger partial charge in [0.05, 0.1) is 6.67 Å². The molecule has 56 valence electrons. The third kappa shape index (κ3) is 6.12. The SMILES string of the molecule is CC(CO)CSCCF. The number of aliphatic hydroxyl groups excluding tert-OH is 1. The van der Waals surface area contributed by atoms with Crippen molar-refractivity contribution in [3.8, 4) is 0 Å². The molecule has 1 unspecified atom stereocenters. The first-order valence-corrected chi connectivity index (χ1v) is 4.21. The lowest BCUT2D eigenvalue weighted by Gasteiger charge is -2.04. The number of halogens is 1. The van der Waals surface area contributed by atoms with Gasteiger partial charge in [-0.1, -0.05) is 6.92 Å². The summed E-state index contributed by atoms with van der Waals surface area (Å²) in [6.45, 7) is 1.90. The van der Waals surface area contributed by atoms with Crippen LogP contribution < -0.4 is 0 Å². The van der Waals surface area contributed by atoms with Crippen LogP contribution in [0.2, 0.25) is 0 Å². The van der Waals surface area contributed by atoms with Crippen LogP contribution in [0, 0.1) is 5.92 Å². The van der Waals surface area contributed by atoms with Crippen LogP contribution in [0.3, 0.4) is 0 Å². The fourth-order valence-corrected chi connectivity index (χ4v) is 1.18. The summed E-state index contributed by atoms with van der Waals surface area (Å²) in [6, 6.07) is 0. The zero-order valence-corrected chi connectivity index (χ0v) is 6.46. The number of hydrogen-bond acceptors (Lipinski definition) is 2. The Morgan fingerprint density at radius 2 is 2.33 bits per heavy atom. The van der Waals surface area contributed by atoms with Crippen LogP contribution in [-0.4, -0.2) is 29.9 Å². The van der Waals surface area contributed by atoms with Crippen molar-refractivity contribution in [2.45, 2.75) is 6.92 Å². The van der Waals surface area contributed by atoms with Gasteiger partial charge in [-0.3, -0.25) is 4.39 Å². The van der Waals surface area contributed by atoms with Crippen LogP contribution in [0.5, 0.6) is 0 Å². The molecule has 0 amide bonds. The lowest BCUT2D eigenvalue weighted by atomic mass is 10.2. The molecule has 1 nitrogen and oxygen atoms in total. The molecule has 0 aromatic rings. The predicted molar refractivity (Wildman–Crippen MR) is 39.5 cm³/mol. The molecule has 0 aromatic heterocycles. The van der Waals surface area contributed by atoms with Crippen LogP contribution in [0.1, 0.15) is 6.92 Å². The highest BCUT2D eigenvalue weighted by molar-refractivity contribution is 7.99. The lowest BCUT2D eigenvalue weighted by molar-refractivity contribution is 0.250. The van der Waals surface area contributed by atoms with Crippen molar-refractivity contribution in [1.82, 2.24) is 0 Å². The Morgan fingerprint density at radius 3 is 2.78 bits per heavy atom. The Labute approximate surface area is 59.6 Å². The van der Waals surface area contributed by atoms with Crippen LogP contribution in [-0.2, 0) is 0 Å². The second-order valence-corrected chi connectivity index (χ2v) is 3.20. The molecule has 0 aliphatic heterocycles. The molecule has 0 radical (unpaired) electrons. The fourth-order valence-electron chi connectivity index (χ4n) is 0.392. The number of rotatable bonds is 5. The topological polar surface area (TPSA) is 20.2 Å². The molecule has 3 heteroatoms. The summed E-state index contributed by atoms with van der Waals surface area (Å²) in [5.41, 5.74) is 0. The standard InChI is InChI=1S/C6H13FOS/c1-6(4-8)5-9-3-2-7/h6,8H,2-5H2,1H3. The Hall–Kier alpha value is 0.240. The first kappa shape index (κ1) is 9.24.